The van der Waals surface area contributed by atoms with Gasteiger partial charge in [0, 0.05) is 37.8 Å². The molecule has 2 atom stereocenters. The number of fused-ring (bicyclic) bond motifs is 1. The molecule has 126 valence electrons. The van der Waals surface area contributed by atoms with E-state index in [9.17, 15) is 4.79 Å². The Hall–Kier alpha value is -1.75. The fourth-order valence-electron chi connectivity index (χ4n) is 3.58. The van der Waals surface area contributed by atoms with E-state index in [4.69, 9.17) is 9.47 Å². The van der Waals surface area contributed by atoms with Gasteiger partial charge >= 0.3 is 0 Å². The van der Waals surface area contributed by atoms with Crippen LogP contribution in [0.15, 0.2) is 18.2 Å². The van der Waals surface area contributed by atoms with Gasteiger partial charge in [-0.2, -0.15) is 0 Å². The Morgan fingerprint density at radius 2 is 1.87 bits per heavy atom. The van der Waals surface area contributed by atoms with Gasteiger partial charge in [0.15, 0.2) is 11.5 Å². The lowest BCUT2D eigenvalue weighted by Crippen LogP contribution is -2.40. The van der Waals surface area contributed by atoms with Crippen LogP contribution in [0.1, 0.15) is 26.7 Å². The number of nitrogens with one attached hydrogen (secondary N) is 1. The molecule has 0 bridgehead atoms. The minimum atomic E-state index is 0.0487. The second-order valence-corrected chi connectivity index (χ2v) is 6.86. The van der Waals surface area contributed by atoms with Crippen LogP contribution in [-0.2, 0) is 4.79 Å². The van der Waals surface area contributed by atoms with Crippen molar-refractivity contribution >= 4 is 11.6 Å². The molecule has 2 unspecified atom stereocenters. The molecule has 0 radical (unpaired) electrons. The lowest BCUT2D eigenvalue weighted by atomic mass is 9.92. The fourth-order valence-corrected chi connectivity index (χ4v) is 3.58. The first-order chi connectivity index (χ1) is 11.1. The number of piperidine rings is 1. The van der Waals surface area contributed by atoms with Crippen LogP contribution in [0.2, 0.25) is 0 Å². The lowest BCUT2D eigenvalue weighted by molar-refractivity contribution is -0.116. The van der Waals surface area contributed by atoms with Gasteiger partial charge in [0.05, 0.1) is 0 Å². The zero-order valence-electron chi connectivity index (χ0n) is 14.0. The zero-order valence-corrected chi connectivity index (χ0v) is 14.0. The van der Waals surface area contributed by atoms with Gasteiger partial charge in [-0.3, -0.25) is 4.79 Å². The molecule has 1 aromatic carbocycles. The number of likely N-dealkylation sites (tertiary alicyclic amines) is 1. The van der Waals surface area contributed by atoms with Crippen molar-refractivity contribution in [1.82, 2.24) is 4.90 Å². The van der Waals surface area contributed by atoms with E-state index < -0.39 is 0 Å². The number of carbonyl (C=O) groups is 1. The molecule has 2 heterocycles. The van der Waals surface area contributed by atoms with E-state index in [2.05, 4.69) is 24.1 Å². The molecule has 0 spiro atoms. The summed E-state index contributed by atoms with van der Waals surface area (Å²) in [5.74, 6) is 2.94. The Balaban J connectivity index is 1.49. The summed E-state index contributed by atoms with van der Waals surface area (Å²) in [6, 6.07) is 5.53. The van der Waals surface area contributed by atoms with Crippen LogP contribution in [-0.4, -0.2) is 43.7 Å². The molecule has 1 N–H and O–H groups in total. The Morgan fingerprint density at radius 3 is 2.61 bits per heavy atom. The van der Waals surface area contributed by atoms with Crippen molar-refractivity contribution < 1.29 is 14.3 Å². The van der Waals surface area contributed by atoms with Crippen LogP contribution in [0, 0.1) is 11.8 Å². The lowest BCUT2D eigenvalue weighted by Gasteiger charge is -2.34. The van der Waals surface area contributed by atoms with E-state index in [1.54, 1.807) is 0 Å². The second kappa shape index (κ2) is 7.21. The summed E-state index contributed by atoms with van der Waals surface area (Å²) in [7, 11) is 0. The van der Waals surface area contributed by atoms with Crippen molar-refractivity contribution in [3.63, 3.8) is 0 Å². The molecule has 3 rings (SSSR count). The number of rotatable bonds is 4. The van der Waals surface area contributed by atoms with Gasteiger partial charge in [-0.15, -0.1) is 0 Å². The molecule has 1 amide bonds. The van der Waals surface area contributed by atoms with Crippen LogP contribution in [0.4, 0.5) is 5.69 Å². The highest BCUT2D eigenvalue weighted by molar-refractivity contribution is 5.91. The number of hydrogen-bond acceptors (Lipinski definition) is 4. The molecule has 5 nitrogen and oxygen atoms in total. The largest absolute Gasteiger partial charge is 0.486 e. The molecule has 1 fully saturated rings. The van der Waals surface area contributed by atoms with Gasteiger partial charge < -0.3 is 19.7 Å². The van der Waals surface area contributed by atoms with Crippen molar-refractivity contribution in [2.24, 2.45) is 11.8 Å². The first kappa shape index (κ1) is 16.1. The van der Waals surface area contributed by atoms with Gasteiger partial charge in [0.25, 0.3) is 0 Å². The molecule has 1 aromatic rings. The number of ether oxygens (including phenoxy) is 2. The van der Waals surface area contributed by atoms with Gasteiger partial charge in [-0.25, -0.2) is 0 Å². The smallest absolute Gasteiger partial charge is 0.225 e. The third kappa shape index (κ3) is 4.38. The van der Waals surface area contributed by atoms with Crippen molar-refractivity contribution in [3.05, 3.63) is 18.2 Å². The minimum absolute atomic E-state index is 0.0487. The summed E-state index contributed by atoms with van der Waals surface area (Å²) in [6.45, 7) is 8.73. The average Bonchev–Trinajstić information content (AvgIpc) is 2.52. The molecule has 2 aliphatic rings. The normalized spacial score (nSPS) is 24.3. The molecule has 0 aromatic heterocycles. The van der Waals surface area contributed by atoms with Gasteiger partial charge in [0.1, 0.15) is 13.2 Å². The van der Waals surface area contributed by atoms with E-state index in [0.717, 1.165) is 42.9 Å². The van der Waals surface area contributed by atoms with E-state index in [1.165, 1.54) is 6.42 Å². The maximum Gasteiger partial charge on any atom is 0.225 e. The molecule has 1 saturated heterocycles. The molecule has 5 heteroatoms. The minimum Gasteiger partial charge on any atom is -0.486 e. The first-order valence-corrected chi connectivity index (χ1v) is 8.52. The number of hydrogen-bond donors (Lipinski definition) is 1. The Morgan fingerprint density at radius 1 is 1.17 bits per heavy atom. The van der Waals surface area contributed by atoms with Crippen molar-refractivity contribution in [2.75, 3.05) is 38.2 Å². The number of benzene rings is 1. The van der Waals surface area contributed by atoms with E-state index in [0.29, 0.717) is 25.4 Å². The first-order valence-electron chi connectivity index (χ1n) is 8.52. The predicted molar refractivity (Wildman–Crippen MR) is 90.1 cm³/mol. The number of anilines is 1. The summed E-state index contributed by atoms with van der Waals surface area (Å²) in [5, 5.41) is 2.95. The van der Waals surface area contributed by atoms with Gasteiger partial charge in [-0.05, 0) is 30.4 Å². The van der Waals surface area contributed by atoms with Crippen LogP contribution in [0.25, 0.3) is 0 Å². The van der Waals surface area contributed by atoms with E-state index in [-0.39, 0.29) is 5.91 Å². The number of amides is 1. The Kier molecular flexibility index (Phi) is 5.06. The molecule has 0 aliphatic carbocycles. The van der Waals surface area contributed by atoms with Crippen molar-refractivity contribution in [2.45, 2.75) is 26.7 Å². The highest BCUT2D eigenvalue weighted by atomic mass is 16.6. The monoisotopic (exact) mass is 318 g/mol. The van der Waals surface area contributed by atoms with Gasteiger partial charge in [0.2, 0.25) is 5.91 Å². The predicted octanol–water partition coefficient (Wildman–Crippen LogP) is 2.76. The number of nitrogens with zero attached hydrogens (tertiary/aromatic N) is 1. The summed E-state index contributed by atoms with van der Waals surface area (Å²) < 4.78 is 11.0. The van der Waals surface area contributed by atoms with E-state index in [1.807, 2.05) is 18.2 Å². The third-order valence-electron chi connectivity index (χ3n) is 4.43. The van der Waals surface area contributed by atoms with Crippen LogP contribution in [0.5, 0.6) is 11.5 Å². The SMILES string of the molecule is CC1CC(C)CN(CCC(=O)Nc2ccc3c(c2)OCCO3)C1. The highest BCUT2D eigenvalue weighted by Gasteiger charge is 2.22. The molecule has 2 aliphatic heterocycles. The quantitative estimate of drug-likeness (QED) is 0.927. The molecular formula is C18H26N2O3. The fraction of sp³-hybridized carbons (Fsp3) is 0.611. The molecular weight excluding hydrogens is 292 g/mol. The topological polar surface area (TPSA) is 50.8 Å². The van der Waals surface area contributed by atoms with Crippen molar-refractivity contribution in [1.29, 1.82) is 0 Å². The number of carbonyl (C=O) groups excluding carboxylic acids is 1. The molecule has 23 heavy (non-hydrogen) atoms. The van der Waals surface area contributed by atoms with E-state index >= 15 is 0 Å². The van der Waals surface area contributed by atoms with Gasteiger partial charge in [-0.1, -0.05) is 13.8 Å². The van der Waals surface area contributed by atoms with Crippen LogP contribution < -0.4 is 14.8 Å². The Bertz CT molecular complexity index is 551. The highest BCUT2D eigenvalue weighted by Crippen LogP contribution is 2.32. The van der Waals surface area contributed by atoms with Crippen LogP contribution in [0.3, 0.4) is 0 Å². The maximum atomic E-state index is 12.2. The summed E-state index contributed by atoms with van der Waals surface area (Å²) in [5.41, 5.74) is 0.764. The third-order valence-corrected chi connectivity index (χ3v) is 4.43. The summed E-state index contributed by atoms with van der Waals surface area (Å²) in [4.78, 5) is 14.6. The summed E-state index contributed by atoms with van der Waals surface area (Å²) >= 11 is 0. The Labute approximate surface area is 137 Å². The zero-order chi connectivity index (χ0) is 16.2. The second-order valence-electron chi connectivity index (χ2n) is 6.86. The van der Waals surface area contributed by atoms with Crippen LogP contribution >= 0.6 is 0 Å². The standard InChI is InChI=1S/C18H26N2O3/c1-13-9-14(2)12-20(11-13)6-5-18(21)19-15-3-4-16-17(10-15)23-8-7-22-16/h3-4,10,13-14H,5-9,11-12H2,1-2H3,(H,19,21). The maximum absolute atomic E-state index is 12.2. The molecule has 0 saturated carbocycles. The summed E-state index contributed by atoms with van der Waals surface area (Å²) in [6.07, 6.45) is 1.81. The average molecular weight is 318 g/mol. The van der Waals surface area contributed by atoms with Crippen molar-refractivity contribution in [3.8, 4) is 11.5 Å².